The highest BCUT2D eigenvalue weighted by Crippen LogP contribution is 2.30. The zero-order chi connectivity index (χ0) is 10.8. The fraction of sp³-hybridized carbons (Fsp3) is 0.273. The molecule has 2 nitrogen and oxygen atoms in total. The molecule has 0 radical (unpaired) electrons. The topological polar surface area (TPSA) is 30.0 Å². The Kier molecular flexibility index (Phi) is 2.98. The van der Waals surface area contributed by atoms with Crippen molar-refractivity contribution in [3.63, 3.8) is 0 Å². The maximum absolute atomic E-state index is 11.1. The molecule has 0 aliphatic heterocycles. The summed E-state index contributed by atoms with van der Waals surface area (Å²) >= 11 is 3.28. The summed E-state index contributed by atoms with van der Waals surface area (Å²) in [6.45, 7) is 3.68. The minimum atomic E-state index is 0.0322. The summed E-state index contributed by atoms with van der Waals surface area (Å²) in [5, 5.41) is 2.77. The quantitative estimate of drug-likeness (QED) is 0.763. The van der Waals surface area contributed by atoms with E-state index >= 15 is 0 Å². The van der Waals surface area contributed by atoms with Crippen LogP contribution in [0.5, 0.6) is 0 Å². The molecule has 2 aromatic heterocycles. The number of aryl methyl sites for hydroxylation is 1. The van der Waals surface area contributed by atoms with E-state index in [0.717, 1.165) is 16.3 Å². The monoisotopic (exact) mass is 237 g/mol. The van der Waals surface area contributed by atoms with Gasteiger partial charge in [-0.2, -0.15) is 0 Å². The number of carbonyl (C=O) groups is 1. The first kappa shape index (κ1) is 10.5. The van der Waals surface area contributed by atoms with Gasteiger partial charge in [-0.05, 0) is 18.6 Å². The Balaban J connectivity index is 2.32. The molecule has 4 heteroatoms. The van der Waals surface area contributed by atoms with Gasteiger partial charge in [0.25, 0.3) is 0 Å². The van der Waals surface area contributed by atoms with Crippen molar-refractivity contribution in [1.82, 2.24) is 4.98 Å². The number of hydrogen-bond donors (Lipinski definition) is 0. The lowest BCUT2D eigenvalue weighted by Gasteiger charge is -1.88. The number of rotatable bonds is 3. The van der Waals surface area contributed by atoms with Gasteiger partial charge in [-0.3, -0.25) is 4.79 Å². The second-order valence-corrected chi connectivity index (χ2v) is 5.24. The van der Waals surface area contributed by atoms with Crippen molar-refractivity contribution in [3.8, 4) is 9.88 Å². The van der Waals surface area contributed by atoms with E-state index in [1.165, 1.54) is 16.2 Å². The van der Waals surface area contributed by atoms with Gasteiger partial charge in [0.15, 0.2) is 5.78 Å². The highest BCUT2D eigenvalue weighted by molar-refractivity contribution is 7.21. The van der Waals surface area contributed by atoms with Crippen molar-refractivity contribution in [2.75, 3.05) is 0 Å². The summed E-state index contributed by atoms with van der Waals surface area (Å²) in [4.78, 5) is 17.9. The third kappa shape index (κ3) is 2.16. The highest BCUT2D eigenvalue weighted by Gasteiger charge is 2.09. The van der Waals surface area contributed by atoms with Crippen LogP contribution in [0.4, 0.5) is 0 Å². The van der Waals surface area contributed by atoms with Crippen LogP contribution >= 0.6 is 22.7 Å². The predicted molar refractivity (Wildman–Crippen MR) is 64.8 cm³/mol. The zero-order valence-corrected chi connectivity index (χ0v) is 10.2. The Bertz CT molecular complexity index is 484. The van der Waals surface area contributed by atoms with Gasteiger partial charge in [0.05, 0.1) is 4.88 Å². The first-order valence-electron chi connectivity index (χ1n) is 4.76. The SMILES string of the molecule is CCc1ccc(-c2nc(C(C)=O)cs2)s1. The van der Waals surface area contributed by atoms with Crippen LogP contribution in [-0.2, 0) is 6.42 Å². The Hall–Kier alpha value is -1.00. The molecule has 2 aromatic rings. The largest absolute Gasteiger partial charge is 0.293 e. The van der Waals surface area contributed by atoms with Crippen LogP contribution in [0.2, 0.25) is 0 Å². The van der Waals surface area contributed by atoms with E-state index in [9.17, 15) is 4.79 Å². The molecule has 15 heavy (non-hydrogen) atoms. The second-order valence-electron chi connectivity index (χ2n) is 3.21. The van der Waals surface area contributed by atoms with Gasteiger partial charge in [0.1, 0.15) is 10.7 Å². The number of carbonyl (C=O) groups excluding carboxylic acids is 1. The predicted octanol–water partition coefficient (Wildman–Crippen LogP) is 3.64. The van der Waals surface area contributed by atoms with E-state index in [2.05, 4.69) is 24.0 Å². The lowest BCUT2D eigenvalue weighted by molar-refractivity contribution is 0.101. The van der Waals surface area contributed by atoms with Gasteiger partial charge in [-0.1, -0.05) is 6.92 Å². The van der Waals surface area contributed by atoms with E-state index in [4.69, 9.17) is 0 Å². The molecule has 0 aliphatic rings. The van der Waals surface area contributed by atoms with Crippen LogP contribution in [0.3, 0.4) is 0 Å². The molecule has 0 fully saturated rings. The molecule has 0 amide bonds. The molecule has 0 N–H and O–H groups in total. The van der Waals surface area contributed by atoms with Crippen LogP contribution in [0, 0.1) is 0 Å². The van der Waals surface area contributed by atoms with Gasteiger partial charge in [-0.25, -0.2) is 4.98 Å². The molecule has 2 rings (SSSR count). The van der Waals surface area contributed by atoms with Crippen molar-refractivity contribution in [2.24, 2.45) is 0 Å². The first-order chi connectivity index (χ1) is 7.20. The summed E-state index contributed by atoms with van der Waals surface area (Å²) in [6, 6.07) is 4.20. The minimum absolute atomic E-state index is 0.0322. The van der Waals surface area contributed by atoms with Crippen LogP contribution in [-0.4, -0.2) is 10.8 Å². The van der Waals surface area contributed by atoms with Crippen LogP contribution in [0.15, 0.2) is 17.5 Å². The first-order valence-corrected chi connectivity index (χ1v) is 6.46. The van der Waals surface area contributed by atoms with E-state index in [1.807, 2.05) is 5.38 Å². The summed E-state index contributed by atoms with van der Waals surface area (Å²) in [6.07, 6.45) is 1.05. The van der Waals surface area contributed by atoms with Crippen LogP contribution in [0.1, 0.15) is 29.2 Å². The fourth-order valence-electron chi connectivity index (χ4n) is 1.23. The molecule has 0 spiro atoms. The standard InChI is InChI=1S/C11H11NOS2/c1-3-8-4-5-10(15-8)11-12-9(6-14-11)7(2)13/h4-6H,3H2,1-2H3. The molecule has 2 heterocycles. The Morgan fingerprint density at radius 2 is 2.27 bits per heavy atom. The number of hydrogen-bond acceptors (Lipinski definition) is 4. The number of ketones is 1. The third-order valence-corrected chi connectivity index (χ3v) is 4.33. The molecule has 0 atom stereocenters. The van der Waals surface area contributed by atoms with Crippen LogP contribution in [0.25, 0.3) is 9.88 Å². The van der Waals surface area contributed by atoms with Gasteiger partial charge in [0.2, 0.25) is 0 Å². The van der Waals surface area contributed by atoms with E-state index in [1.54, 1.807) is 18.3 Å². The molecular weight excluding hydrogens is 226 g/mol. The van der Waals surface area contributed by atoms with E-state index in [0.29, 0.717) is 5.69 Å². The van der Waals surface area contributed by atoms with Gasteiger partial charge >= 0.3 is 0 Å². The number of nitrogens with zero attached hydrogens (tertiary/aromatic N) is 1. The van der Waals surface area contributed by atoms with Crippen LogP contribution < -0.4 is 0 Å². The number of Topliss-reactive ketones (excluding diaryl/α,β-unsaturated/α-hetero) is 1. The molecule has 0 aromatic carbocycles. The average Bonchev–Trinajstić information content (AvgIpc) is 2.86. The summed E-state index contributed by atoms with van der Waals surface area (Å²) < 4.78 is 0. The van der Waals surface area contributed by atoms with Crippen molar-refractivity contribution >= 4 is 28.5 Å². The van der Waals surface area contributed by atoms with Crippen molar-refractivity contribution in [1.29, 1.82) is 0 Å². The minimum Gasteiger partial charge on any atom is -0.293 e. The maximum Gasteiger partial charge on any atom is 0.178 e. The number of thiazole rings is 1. The fourth-order valence-corrected chi connectivity index (χ4v) is 3.11. The van der Waals surface area contributed by atoms with Crippen molar-refractivity contribution in [3.05, 3.63) is 28.1 Å². The van der Waals surface area contributed by atoms with E-state index in [-0.39, 0.29) is 5.78 Å². The lowest BCUT2D eigenvalue weighted by Crippen LogP contribution is -1.90. The van der Waals surface area contributed by atoms with Gasteiger partial charge < -0.3 is 0 Å². The number of aromatic nitrogens is 1. The molecule has 0 saturated heterocycles. The van der Waals surface area contributed by atoms with Crippen molar-refractivity contribution < 1.29 is 4.79 Å². The average molecular weight is 237 g/mol. The Morgan fingerprint density at radius 1 is 1.47 bits per heavy atom. The Labute approximate surface area is 96.6 Å². The molecule has 0 aliphatic carbocycles. The number of thiophene rings is 1. The summed E-state index contributed by atoms with van der Waals surface area (Å²) in [5.41, 5.74) is 0.571. The van der Waals surface area contributed by atoms with Crippen molar-refractivity contribution in [2.45, 2.75) is 20.3 Å². The van der Waals surface area contributed by atoms with Gasteiger partial charge in [0, 0.05) is 17.2 Å². The summed E-state index contributed by atoms with van der Waals surface area (Å²) in [7, 11) is 0. The molecule has 0 unspecified atom stereocenters. The molecule has 0 saturated carbocycles. The second kappa shape index (κ2) is 4.24. The highest BCUT2D eigenvalue weighted by atomic mass is 32.1. The molecular formula is C11H11NOS2. The zero-order valence-electron chi connectivity index (χ0n) is 8.61. The third-order valence-electron chi connectivity index (χ3n) is 2.09. The normalized spacial score (nSPS) is 10.5. The smallest absolute Gasteiger partial charge is 0.178 e. The lowest BCUT2D eigenvalue weighted by atomic mass is 10.3. The molecule has 0 bridgehead atoms. The van der Waals surface area contributed by atoms with E-state index < -0.39 is 0 Å². The maximum atomic E-state index is 11.1. The Morgan fingerprint density at radius 3 is 2.80 bits per heavy atom. The molecule has 78 valence electrons. The summed E-state index contributed by atoms with van der Waals surface area (Å²) in [5.74, 6) is 0.0322. The van der Waals surface area contributed by atoms with Gasteiger partial charge in [-0.15, -0.1) is 22.7 Å².